The van der Waals surface area contributed by atoms with Crippen LogP contribution in [0.25, 0.3) is 0 Å². The molecule has 0 radical (unpaired) electrons. The highest BCUT2D eigenvalue weighted by atomic mass is 35.5. The molecule has 0 heterocycles. The molecule has 0 spiro atoms. The summed E-state index contributed by atoms with van der Waals surface area (Å²) in [4.78, 5) is 8.69. The molecule has 0 aliphatic carbocycles. The molecule has 0 saturated heterocycles. The first-order valence-corrected chi connectivity index (χ1v) is 4.62. The average Bonchev–Trinajstić information content (AvgIpc) is 1.94. The van der Waals surface area contributed by atoms with Crippen LogP contribution in [-0.4, -0.2) is 4.89 Å². The summed E-state index contributed by atoms with van der Waals surface area (Å²) in [6, 6.07) is 4.83. The number of aryl methyl sites for hydroxylation is 1. The first-order valence-electron chi connectivity index (χ1n) is 3.03. The van der Waals surface area contributed by atoms with Crippen molar-refractivity contribution >= 4 is 24.9 Å². The molecular formula is C7H7ClO2P+. The van der Waals surface area contributed by atoms with E-state index in [1.54, 1.807) is 12.1 Å². The third-order valence-corrected chi connectivity index (χ3v) is 2.50. The van der Waals surface area contributed by atoms with Gasteiger partial charge in [0.1, 0.15) is 0 Å². The lowest BCUT2D eigenvalue weighted by atomic mass is 10.2. The van der Waals surface area contributed by atoms with E-state index in [-0.39, 0.29) is 0 Å². The first kappa shape index (κ1) is 8.66. The van der Waals surface area contributed by atoms with Gasteiger partial charge in [0, 0.05) is 11.1 Å². The zero-order valence-electron chi connectivity index (χ0n) is 5.91. The second-order valence-corrected chi connectivity index (χ2v) is 3.68. The minimum atomic E-state index is -2.26. The highest BCUT2D eigenvalue weighted by Crippen LogP contribution is 2.19. The fourth-order valence-electron chi connectivity index (χ4n) is 0.701. The third kappa shape index (κ3) is 2.00. The molecule has 1 aromatic carbocycles. The fourth-order valence-corrected chi connectivity index (χ4v) is 1.40. The number of benzene rings is 1. The minimum absolute atomic E-state index is 0.371. The van der Waals surface area contributed by atoms with Crippen LogP contribution >= 0.6 is 19.6 Å². The largest absolute Gasteiger partial charge is 0.546 e. The summed E-state index contributed by atoms with van der Waals surface area (Å²) in [6.07, 6.45) is 0. The van der Waals surface area contributed by atoms with Crippen molar-refractivity contribution in [3.05, 3.63) is 28.8 Å². The Morgan fingerprint density at radius 2 is 2.18 bits per heavy atom. The lowest BCUT2D eigenvalue weighted by Gasteiger charge is -1.92. The molecule has 1 atom stereocenters. The lowest BCUT2D eigenvalue weighted by molar-refractivity contribution is 0.513. The van der Waals surface area contributed by atoms with Gasteiger partial charge in [-0.05, 0) is 23.1 Å². The molecule has 0 aliphatic rings. The third-order valence-electron chi connectivity index (χ3n) is 1.38. The van der Waals surface area contributed by atoms with E-state index >= 15 is 0 Å². The van der Waals surface area contributed by atoms with Gasteiger partial charge in [0.05, 0.1) is 0 Å². The molecule has 0 aromatic heterocycles. The molecule has 0 fully saturated rings. The summed E-state index contributed by atoms with van der Waals surface area (Å²) in [5.74, 6) is 0. The zero-order chi connectivity index (χ0) is 8.43. The van der Waals surface area contributed by atoms with Crippen LogP contribution in [0, 0.1) is 6.92 Å². The Balaban J connectivity index is 3.15. The molecule has 0 bridgehead atoms. The molecule has 58 valence electrons. The summed E-state index contributed by atoms with van der Waals surface area (Å²) in [5.41, 5.74) is 0.910. The van der Waals surface area contributed by atoms with Crippen molar-refractivity contribution in [2.24, 2.45) is 0 Å². The van der Waals surface area contributed by atoms with Crippen LogP contribution in [-0.2, 0) is 4.57 Å². The molecular weight excluding hydrogens is 183 g/mol. The van der Waals surface area contributed by atoms with E-state index in [1.165, 1.54) is 6.07 Å². The Hall–Kier alpha value is -0.430. The van der Waals surface area contributed by atoms with Crippen molar-refractivity contribution in [1.29, 1.82) is 0 Å². The first-order chi connectivity index (χ1) is 5.11. The van der Waals surface area contributed by atoms with Gasteiger partial charge in [0.2, 0.25) is 5.30 Å². The number of hydrogen-bond acceptors (Lipinski definition) is 1. The highest BCUT2D eigenvalue weighted by molar-refractivity contribution is 7.47. The van der Waals surface area contributed by atoms with E-state index in [1.807, 2.05) is 6.92 Å². The molecule has 1 N–H and O–H groups in total. The van der Waals surface area contributed by atoms with Gasteiger partial charge in [0.25, 0.3) is 0 Å². The van der Waals surface area contributed by atoms with Crippen molar-refractivity contribution in [3.63, 3.8) is 0 Å². The van der Waals surface area contributed by atoms with Crippen LogP contribution in [0.5, 0.6) is 0 Å². The van der Waals surface area contributed by atoms with Gasteiger partial charge in [-0.2, -0.15) is 4.89 Å². The van der Waals surface area contributed by atoms with Crippen LogP contribution in [0.2, 0.25) is 5.02 Å². The zero-order valence-corrected chi connectivity index (χ0v) is 7.56. The Morgan fingerprint density at radius 3 is 2.64 bits per heavy atom. The predicted molar refractivity (Wildman–Crippen MR) is 45.6 cm³/mol. The van der Waals surface area contributed by atoms with Crippen molar-refractivity contribution in [1.82, 2.24) is 0 Å². The molecule has 1 rings (SSSR count). The SMILES string of the molecule is Cc1ccc([P+](=O)O)cc1Cl. The Bertz CT molecular complexity index is 298. The van der Waals surface area contributed by atoms with Gasteiger partial charge < -0.3 is 0 Å². The molecule has 0 amide bonds. The lowest BCUT2D eigenvalue weighted by Crippen LogP contribution is -1.95. The number of halogens is 1. The summed E-state index contributed by atoms with van der Waals surface area (Å²) < 4.78 is 10.6. The molecule has 0 aliphatic heterocycles. The maximum atomic E-state index is 10.6. The second-order valence-electron chi connectivity index (χ2n) is 2.21. The van der Waals surface area contributed by atoms with E-state index in [4.69, 9.17) is 16.5 Å². The van der Waals surface area contributed by atoms with Crippen LogP contribution in [0.3, 0.4) is 0 Å². The predicted octanol–water partition coefficient (Wildman–Crippen LogP) is 2.01. The number of rotatable bonds is 1. The number of hydrogen-bond donors (Lipinski definition) is 1. The smallest absolute Gasteiger partial charge is 0.156 e. The Labute approximate surface area is 70.7 Å². The van der Waals surface area contributed by atoms with Gasteiger partial charge in [-0.3, -0.25) is 0 Å². The van der Waals surface area contributed by atoms with Crippen LogP contribution in [0.15, 0.2) is 18.2 Å². The monoisotopic (exact) mass is 189 g/mol. The van der Waals surface area contributed by atoms with Crippen LogP contribution < -0.4 is 5.30 Å². The molecule has 11 heavy (non-hydrogen) atoms. The van der Waals surface area contributed by atoms with Crippen molar-refractivity contribution in [2.75, 3.05) is 0 Å². The highest BCUT2D eigenvalue weighted by Gasteiger charge is 2.16. The summed E-state index contributed by atoms with van der Waals surface area (Å²) in [6.45, 7) is 1.84. The van der Waals surface area contributed by atoms with Crippen LogP contribution in [0.4, 0.5) is 0 Å². The van der Waals surface area contributed by atoms with Crippen molar-refractivity contribution < 1.29 is 9.46 Å². The summed E-state index contributed by atoms with van der Waals surface area (Å²) in [7, 11) is -2.26. The topological polar surface area (TPSA) is 37.3 Å². The van der Waals surface area contributed by atoms with Gasteiger partial charge >= 0.3 is 8.03 Å². The Kier molecular flexibility index (Phi) is 2.61. The molecule has 1 unspecified atom stereocenters. The van der Waals surface area contributed by atoms with E-state index in [9.17, 15) is 4.57 Å². The molecule has 2 nitrogen and oxygen atoms in total. The second kappa shape index (κ2) is 3.31. The van der Waals surface area contributed by atoms with E-state index in [0.29, 0.717) is 10.3 Å². The quantitative estimate of drug-likeness (QED) is 0.687. The summed E-state index contributed by atoms with van der Waals surface area (Å²) >= 11 is 5.72. The van der Waals surface area contributed by atoms with Crippen molar-refractivity contribution in [2.45, 2.75) is 6.92 Å². The molecule has 4 heteroatoms. The Morgan fingerprint density at radius 1 is 1.55 bits per heavy atom. The van der Waals surface area contributed by atoms with Gasteiger partial charge in [-0.25, -0.2) is 0 Å². The van der Waals surface area contributed by atoms with Gasteiger partial charge in [-0.15, -0.1) is 0 Å². The average molecular weight is 190 g/mol. The standard InChI is InChI=1S/C7H6ClO2P/c1-5-2-3-6(11(9)10)4-7(5)8/h2-4H,1H3/p+1. The van der Waals surface area contributed by atoms with Crippen molar-refractivity contribution in [3.8, 4) is 0 Å². The normalized spacial score (nSPS) is 11.4. The maximum Gasteiger partial charge on any atom is 0.546 e. The van der Waals surface area contributed by atoms with Gasteiger partial charge in [-0.1, -0.05) is 17.7 Å². The van der Waals surface area contributed by atoms with Crippen LogP contribution in [0.1, 0.15) is 5.56 Å². The summed E-state index contributed by atoms with van der Waals surface area (Å²) in [5, 5.41) is 0.899. The fraction of sp³-hybridized carbons (Fsp3) is 0.143. The van der Waals surface area contributed by atoms with E-state index < -0.39 is 8.03 Å². The molecule has 1 aromatic rings. The maximum absolute atomic E-state index is 10.6. The van der Waals surface area contributed by atoms with Gasteiger partial charge in [0.15, 0.2) is 0 Å². The van der Waals surface area contributed by atoms with E-state index in [2.05, 4.69) is 0 Å². The molecule has 0 saturated carbocycles. The minimum Gasteiger partial charge on any atom is -0.156 e. The van der Waals surface area contributed by atoms with E-state index in [0.717, 1.165) is 5.56 Å².